The number of nitrogens with zero attached hydrogens (tertiary/aromatic N) is 3. The third kappa shape index (κ3) is 3.12. The molecule has 0 bridgehead atoms. The Hall–Kier alpha value is -2.17. The van der Waals surface area contributed by atoms with E-state index in [1.807, 2.05) is 19.1 Å². The van der Waals surface area contributed by atoms with Gasteiger partial charge in [0.2, 0.25) is 0 Å². The fourth-order valence-corrected chi connectivity index (χ4v) is 2.10. The smallest absolute Gasteiger partial charge is 0.146 e. The summed E-state index contributed by atoms with van der Waals surface area (Å²) in [6, 6.07) is 3.75. The zero-order chi connectivity index (χ0) is 15.4. The molecule has 21 heavy (non-hydrogen) atoms. The standard InChI is InChI=1S/C16H22N4O/c1-6-17-16-11(4)13(19-15(20-16)10(2)3)14-12(21-5)8-7-9-18-14/h7-10H,6H2,1-5H3,(H,17,19,20). The van der Waals surface area contributed by atoms with E-state index in [-0.39, 0.29) is 5.92 Å². The van der Waals surface area contributed by atoms with Crippen LogP contribution in [0.2, 0.25) is 0 Å². The highest BCUT2D eigenvalue weighted by atomic mass is 16.5. The lowest BCUT2D eigenvalue weighted by atomic mass is 10.1. The highest BCUT2D eigenvalue weighted by Gasteiger charge is 2.17. The molecule has 2 heterocycles. The second-order valence-electron chi connectivity index (χ2n) is 5.14. The molecule has 0 radical (unpaired) electrons. The lowest BCUT2D eigenvalue weighted by Crippen LogP contribution is -2.09. The van der Waals surface area contributed by atoms with Gasteiger partial charge >= 0.3 is 0 Å². The SMILES string of the molecule is CCNc1nc(C(C)C)nc(-c2ncccc2OC)c1C. The zero-order valence-electron chi connectivity index (χ0n) is 13.3. The molecule has 2 aromatic rings. The van der Waals surface area contributed by atoms with Gasteiger partial charge in [0.05, 0.1) is 7.11 Å². The Bertz CT molecular complexity index is 626. The second-order valence-corrected chi connectivity index (χ2v) is 5.14. The molecule has 0 unspecified atom stereocenters. The van der Waals surface area contributed by atoms with Crippen molar-refractivity contribution in [2.45, 2.75) is 33.6 Å². The van der Waals surface area contributed by atoms with Gasteiger partial charge in [0, 0.05) is 24.2 Å². The van der Waals surface area contributed by atoms with Crippen LogP contribution in [0.25, 0.3) is 11.4 Å². The monoisotopic (exact) mass is 286 g/mol. The average Bonchev–Trinajstić information content (AvgIpc) is 2.49. The van der Waals surface area contributed by atoms with E-state index in [0.717, 1.165) is 40.9 Å². The van der Waals surface area contributed by atoms with Crippen LogP contribution in [0.5, 0.6) is 5.75 Å². The number of anilines is 1. The molecule has 0 aliphatic carbocycles. The summed E-state index contributed by atoms with van der Waals surface area (Å²) in [5.41, 5.74) is 2.56. The van der Waals surface area contributed by atoms with Crippen molar-refractivity contribution < 1.29 is 4.74 Å². The maximum atomic E-state index is 5.41. The van der Waals surface area contributed by atoms with Crippen molar-refractivity contribution in [3.63, 3.8) is 0 Å². The molecule has 0 aliphatic heterocycles. The molecule has 0 aliphatic rings. The van der Waals surface area contributed by atoms with Gasteiger partial charge in [0.25, 0.3) is 0 Å². The van der Waals surface area contributed by atoms with Gasteiger partial charge in [-0.25, -0.2) is 9.97 Å². The molecule has 0 saturated carbocycles. The number of methoxy groups -OCH3 is 1. The minimum Gasteiger partial charge on any atom is -0.494 e. The molecule has 0 amide bonds. The Morgan fingerprint density at radius 1 is 1.24 bits per heavy atom. The number of hydrogen-bond donors (Lipinski definition) is 1. The summed E-state index contributed by atoms with van der Waals surface area (Å²) in [5.74, 6) is 2.63. The van der Waals surface area contributed by atoms with E-state index >= 15 is 0 Å². The Kier molecular flexibility index (Phi) is 4.73. The Morgan fingerprint density at radius 3 is 2.62 bits per heavy atom. The topological polar surface area (TPSA) is 59.9 Å². The number of aromatic nitrogens is 3. The fraction of sp³-hybridized carbons (Fsp3) is 0.438. The first-order valence-corrected chi connectivity index (χ1v) is 7.20. The number of nitrogens with one attached hydrogen (secondary N) is 1. The Balaban J connectivity index is 2.66. The first-order valence-electron chi connectivity index (χ1n) is 7.20. The van der Waals surface area contributed by atoms with Crippen molar-refractivity contribution in [1.82, 2.24) is 15.0 Å². The van der Waals surface area contributed by atoms with Crippen LogP contribution in [0.3, 0.4) is 0 Å². The van der Waals surface area contributed by atoms with Crippen LogP contribution < -0.4 is 10.1 Å². The van der Waals surface area contributed by atoms with Gasteiger partial charge in [0.15, 0.2) is 0 Å². The van der Waals surface area contributed by atoms with Gasteiger partial charge in [-0.05, 0) is 26.0 Å². The molecule has 0 fully saturated rings. The maximum absolute atomic E-state index is 5.41. The first kappa shape index (κ1) is 15.2. The minimum atomic E-state index is 0.247. The fourth-order valence-electron chi connectivity index (χ4n) is 2.10. The van der Waals surface area contributed by atoms with Gasteiger partial charge in [-0.2, -0.15) is 0 Å². The molecule has 2 rings (SSSR count). The Labute approximate surface area is 125 Å². The van der Waals surface area contributed by atoms with E-state index < -0.39 is 0 Å². The zero-order valence-corrected chi connectivity index (χ0v) is 13.3. The summed E-state index contributed by atoms with van der Waals surface area (Å²) in [4.78, 5) is 13.8. The predicted molar refractivity (Wildman–Crippen MR) is 84.8 cm³/mol. The molecule has 0 saturated heterocycles. The highest BCUT2D eigenvalue weighted by Crippen LogP contribution is 2.31. The lowest BCUT2D eigenvalue weighted by molar-refractivity contribution is 0.414. The summed E-state index contributed by atoms with van der Waals surface area (Å²) in [7, 11) is 1.64. The summed E-state index contributed by atoms with van der Waals surface area (Å²) in [6.45, 7) is 9.04. The second kappa shape index (κ2) is 6.52. The molecular weight excluding hydrogens is 264 g/mol. The van der Waals surface area contributed by atoms with Crippen molar-refractivity contribution in [2.75, 3.05) is 19.0 Å². The molecule has 0 atom stereocenters. The van der Waals surface area contributed by atoms with Crippen LogP contribution in [-0.2, 0) is 0 Å². The molecule has 112 valence electrons. The van der Waals surface area contributed by atoms with Crippen molar-refractivity contribution in [3.8, 4) is 17.1 Å². The number of ether oxygens (including phenoxy) is 1. The summed E-state index contributed by atoms with van der Waals surface area (Å²) >= 11 is 0. The molecule has 0 spiro atoms. The lowest BCUT2D eigenvalue weighted by Gasteiger charge is -2.15. The van der Waals surface area contributed by atoms with Crippen LogP contribution in [-0.4, -0.2) is 28.6 Å². The predicted octanol–water partition coefficient (Wildman–Crippen LogP) is 3.41. The normalized spacial score (nSPS) is 10.8. The van der Waals surface area contributed by atoms with Crippen molar-refractivity contribution in [2.24, 2.45) is 0 Å². The van der Waals surface area contributed by atoms with E-state index in [9.17, 15) is 0 Å². The van der Waals surface area contributed by atoms with Crippen molar-refractivity contribution >= 4 is 5.82 Å². The van der Waals surface area contributed by atoms with E-state index in [1.165, 1.54) is 0 Å². The van der Waals surface area contributed by atoms with Gasteiger partial charge in [-0.3, -0.25) is 4.98 Å². The van der Waals surface area contributed by atoms with E-state index in [2.05, 4.69) is 36.1 Å². The number of hydrogen-bond acceptors (Lipinski definition) is 5. The minimum absolute atomic E-state index is 0.247. The summed E-state index contributed by atoms with van der Waals surface area (Å²) < 4.78 is 5.41. The van der Waals surface area contributed by atoms with Gasteiger partial charge in [-0.15, -0.1) is 0 Å². The number of pyridine rings is 1. The molecular formula is C16H22N4O. The first-order chi connectivity index (χ1) is 10.1. The van der Waals surface area contributed by atoms with Gasteiger partial charge < -0.3 is 10.1 Å². The molecule has 1 N–H and O–H groups in total. The van der Waals surface area contributed by atoms with E-state index in [4.69, 9.17) is 9.72 Å². The summed E-state index contributed by atoms with van der Waals surface area (Å²) in [6.07, 6.45) is 1.75. The average molecular weight is 286 g/mol. The van der Waals surface area contributed by atoms with Gasteiger partial charge in [-0.1, -0.05) is 13.8 Å². The van der Waals surface area contributed by atoms with Crippen LogP contribution in [0.15, 0.2) is 18.3 Å². The van der Waals surface area contributed by atoms with Crippen molar-refractivity contribution in [1.29, 1.82) is 0 Å². The molecule has 2 aromatic heterocycles. The molecule has 5 heteroatoms. The van der Waals surface area contributed by atoms with Gasteiger partial charge in [0.1, 0.15) is 28.8 Å². The third-order valence-electron chi connectivity index (χ3n) is 3.24. The van der Waals surface area contributed by atoms with Crippen LogP contribution in [0, 0.1) is 6.92 Å². The highest BCUT2D eigenvalue weighted by molar-refractivity contribution is 5.70. The van der Waals surface area contributed by atoms with E-state index in [1.54, 1.807) is 13.3 Å². The third-order valence-corrected chi connectivity index (χ3v) is 3.24. The quantitative estimate of drug-likeness (QED) is 0.912. The largest absolute Gasteiger partial charge is 0.494 e. The maximum Gasteiger partial charge on any atom is 0.146 e. The van der Waals surface area contributed by atoms with Crippen LogP contribution in [0.1, 0.15) is 38.1 Å². The Morgan fingerprint density at radius 2 is 2.00 bits per heavy atom. The molecule has 0 aromatic carbocycles. The van der Waals surface area contributed by atoms with Crippen LogP contribution >= 0.6 is 0 Å². The van der Waals surface area contributed by atoms with Crippen molar-refractivity contribution in [3.05, 3.63) is 29.7 Å². The summed E-state index contributed by atoms with van der Waals surface area (Å²) in [5, 5.41) is 3.30. The number of rotatable bonds is 5. The van der Waals surface area contributed by atoms with Crippen LogP contribution in [0.4, 0.5) is 5.82 Å². The molecule has 5 nitrogen and oxygen atoms in total. The van der Waals surface area contributed by atoms with E-state index in [0.29, 0.717) is 0 Å².